The summed E-state index contributed by atoms with van der Waals surface area (Å²) in [7, 11) is 4.19. The fraction of sp³-hybridized carbons (Fsp3) is 0.619. The summed E-state index contributed by atoms with van der Waals surface area (Å²) in [4.78, 5) is 26.2. The van der Waals surface area contributed by atoms with Crippen LogP contribution in [0.2, 0.25) is 0 Å². The number of benzene rings is 1. The van der Waals surface area contributed by atoms with Crippen molar-refractivity contribution in [2.75, 3.05) is 20.8 Å². The Bertz CT molecular complexity index is 618. The van der Waals surface area contributed by atoms with Crippen molar-refractivity contribution in [3.8, 4) is 11.5 Å². The van der Waals surface area contributed by atoms with Crippen LogP contribution < -0.4 is 9.47 Å². The Morgan fingerprint density at radius 3 is 2.07 bits per heavy atom. The molecule has 0 radical (unpaired) electrons. The molecular formula is C21H32O6P+. The van der Waals surface area contributed by atoms with Crippen molar-refractivity contribution in [1.29, 1.82) is 0 Å². The van der Waals surface area contributed by atoms with Crippen LogP contribution in [-0.4, -0.2) is 32.6 Å². The highest BCUT2D eigenvalue weighted by Crippen LogP contribution is 2.38. The molecule has 1 aromatic rings. The lowest BCUT2D eigenvalue weighted by atomic mass is 9.84. The van der Waals surface area contributed by atoms with Gasteiger partial charge in [-0.25, -0.2) is 0 Å². The smallest absolute Gasteiger partial charge is 0.317 e. The molecule has 1 saturated carbocycles. The number of esters is 1. The molecule has 1 fully saturated rings. The van der Waals surface area contributed by atoms with Gasteiger partial charge in [-0.3, -0.25) is 9.59 Å². The highest BCUT2D eigenvalue weighted by atomic mass is 31.0. The molecule has 1 aliphatic carbocycles. The first kappa shape index (κ1) is 24.1. The number of carbonyl (C=O) groups is 2. The summed E-state index contributed by atoms with van der Waals surface area (Å²) in [6.07, 6.45) is 4.60. The van der Waals surface area contributed by atoms with Gasteiger partial charge in [0.1, 0.15) is 23.0 Å². The maximum Gasteiger partial charge on any atom is 0.317 e. The van der Waals surface area contributed by atoms with Gasteiger partial charge in [0.05, 0.1) is 20.8 Å². The fourth-order valence-electron chi connectivity index (χ4n) is 3.54. The molecule has 7 heteroatoms. The number of carbonyl (C=O) groups excluding carboxylic acids is 2. The average molecular weight is 411 g/mol. The van der Waals surface area contributed by atoms with Crippen molar-refractivity contribution in [3.05, 3.63) is 23.8 Å². The lowest BCUT2D eigenvalue weighted by molar-refractivity contribution is -0.148. The molecule has 0 N–H and O–H groups in total. The first-order valence-corrected chi connectivity index (χ1v) is 10.1. The Hall–Kier alpha value is -1.94. The zero-order chi connectivity index (χ0) is 21.1. The summed E-state index contributed by atoms with van der Waals surface area (Å²) in [6, 6.07) is 5.19. The number of hydrogen-bond donors (Lipinski definition) is 0. The summed E-state index contributed by atoms with van der Waals surface area (Å²) in [6.45, 7) is 4.50. The second-order valence-corrected chi connectivity index (χ2v) is 7.27. The Morgan fingerprint density at radius 2 is 1.61 bits per heavy atom. The molecule has 2 atom stereocenters. The van der Waals surface area contributed by atoms with E-state index in [0.717, 1.165) is 32.1 Å². The Morgan fingerprint density at radius 1 is 1.07 bits per heavy atom. The zero-order valence-electron chi connectivity index (χ0n) is 17.2. The number of ketones is 1. The molecule has 0 bridgehead atoms. The summed E-state index contributed by atoms with van der Waals surface area (Å²) in [5.74, 6) is -0.174. The van der Waals surface area contributed by atoms with E-state index in [1.165, 1.54) is 23.3 Å². The van der Waals surface area contributed by atoms with Crippen LogP contribution in [0.15, 0.2) is 18.2 Å². The Labute approximate surface area is 169 Å². The third-order valence-corrected chi connectivity index (χ3v) is 5.02. The van der Waals surface area contributed by atoms with E-state index >= 15 is 0 Å². The van der Waals surface area contributed by atoms with Crippen molar-refractivity contribution in [2.45, 2.75) is 46.0 Å². The van der Waals surface area contributed by atoms with Crippen LogP contribution in [-0.2, 0) is 14.1 Å². The van der Waals surface area contributed by atoms with Gasteiger partial charge in [-0.05, 0) is 43.2 Å². The molecule has 0 aromatic heterocycles. The first-order chi connectivity index (χ1) is 13.5. The zero-order valence-corrected chi connectivity index (χ0v) is 18.4. The second kappa shape index (κ2) is 12.5. The summed E-state index contributed by atoms with van der Waals surface area (Å²) in [5.41, 5.74) is 0.329. The van der Waals surface area contributed by atoms with Gasteiger partial charge in [0.25, 0.3) is 0 Å². The van der Waals surface area contributed by atoms with Gasteiger partial charge in [0.2, 0.25) is 0 Å². The molecule has 2 unspecified atom stereocenters. The van der Waals surface area contributed by atoms with Crippen LogP contribution in [0.1, 0.15) is 56.3 Å². The van der Waals surface area contributed by atoms with Crippen molar-refractivity contribution in [2.24, 2.45) is 17.8 Å². The van der Waals surface area contributed by atoms with Crippen LogP contribution in [0.4, 0.5) is 0 Å². The third-order valence-electron chi connectivity index (χ3n) is 5.02. The summed E-state index contributed by atoms with van der Waals surface area (Å²) >= 11 is 0. The van der Waals surface area contributed by atoms with Crippen LogP contribution in [0.25, 0.3) is 0 Å². The van der Waals surface area contributed by atoms with Crippen LogP contribution >= 0.6 is 9.12 Å². The third kappa shape index (κ3) is 6.30. The Balaban J connectivity index is 0.00000190. The number of Topliss-reactive ketones (excluding diaryl/α,β-unsaturated/α-hetero) is 1. The van der Waals surface area contributed by atoms with E-state index in [1.54, 1.807) is 18.2 Å². The minimum Gasteiger partial charge on any atom is -0.496 e. The molecular weight excluding hydrogens is 379 g/mol. The van der Waals surface area contributed by atoms with Gasteiger partial charge in [-0.15, -0.1) is 0 Å². The maximum atomic E-state index is 13.4. The fourth-order valence-corrected chi connectivity index (χ4v) is 3.54. The lowest BCUT2D eigenvalue weighted by Gasteiger charge is -2.23. The summed E-state index contributed by atoms with van der Waals surface area (Å²) in [5, 5.41) is 0. The normalized spacial score (nSPS) is 14.8. The van der Waals surface area contributed by atoms with E-state index in [4.69, 9.17) is 18.8 Å². The molecule has 0 aliphatic heterocycles. The van der Waals surface area contributed by atoms with Crippen molar-refractivity contribution in [1.82, 2.24) is 0 Å². The average Bonchev–Trinajstić information content (AvgIpc) is 3.22. The standard InChI is InChI=1S/C21H30O5.H2OP/c1-14(2)12-13-26-21(23)18(15-8-5-6-9-15)20(22)19-16(24-3)10-7-11-17(19)25-4;1-2/h7,10-11,14-15,18H,5-6,8-9,12-13H2,1-4H3;2H2/q;+1. The quantitative estimate of drug-likeness (QED) is 0.258. The van der Waals surface area contributed by atoms with Gasteiger partial charge < -0.3 is 14.2 Å². The molecule has 6 nitrogen and oxygen atoms in total. The number of ether oxygens (including phenoxy) is 3. The maximum absolute atomic E-state index is 13.4. The van der Waals surface area contributed by atoms with E-state index in [9.17, 15) is 9.59 Å². The molecule has 156 valence electrons. The van der Waals surface area contributed by atoms with Gasteiger partial charge in [-0.1, -0.05) is 37.3 Å². The monoisotopic (exact) mass is 411 g/mol. The van der Waals surface area contributed by atoms with Gasteiger partial charge in [-0.2, -0.15) is 0 Å². The first-order valence-electron chi connectivity index (χ1n) is 9.65. The molecule has 1 aliphatic rings. The highest BCUT2D eigenvalue weighted by Gasteiger charge is 2.40. The summed E-state index contributed by atoms with van der Waals surface area (Å²) < 4.78 is 24.4. The largest absolute Gasteiger partial charge is 0.496 e. The molecule has 0 amide bonds. The lowest BCUT2D eigenvalue weighted by Crippen LogP contribution is -2.33. The van der Waals surface area contributed by atoms with Crippen LogP contribution in [0.3, 0.4) is 0 Å². The van der Waals surface area contributed by atoms with Crippen molar-refractivity contribution in [3.63, 3.8) is 0 Å². The molecule has 28 heavy (non-hydrogen) atoms. The van der Waals surface area contributed by atoms with Gasteiger partial charge in [0, 0.05) is 0 Å². The predicted octanol–water partition coefficient (Wildman–Crippen LogP) is 4.49. The topological polar surface area (TPSA) is 78.9 Å². The minimum atomic E-state index is -0.796. The van der Waals surface area contributed by atoms with Gasteiger partial charge >= 0.3 is 15.1 Å². The van der Waals surface area contributed by atoms with E-state index in [2.05, 4.69) is 13.8 Å². The van der Waals surface area contributed by atoms with Crippen LogP contribution in [0.5, 0.6) is 11.5 Å². The molecule has 2 rings (SSSR count). The SMILES string of the molecule is COc1cccc(OC)c1C(=O)C(C(=O)OCCC(C)C)C1CCCC1.O=[PH2+]. The molecule has 0 heterocycles. The predicted molar refractivity (Wildman–Crippen MR) is 110 cm³/mol. The van der Waals surface area contributed by atoms with E-state index in [1.807, 2.05) is 0 Å². The van der Waals surface area contributed by atoms with E-state index in [-0.39, 0.29) is 11.7 Å². The van der Waals surface area contributed by atoms with Crippen LogP contribution in [0, 0.1) is 17.8 Å². The van der Waals surface area contributed by atoms with Crippen molar-refractivity contribution < 1.29 is 28.4 Å². The Kier molecular flexibility index (Phi) is 10.8. The minimum absolute atomic E-state index is 0.0173. The molecule has 0 saturated heterocycles. The van der Waals surface area contributed by atoms with Gasteiger partial charge in [0.15, 0.2) is 5.78 Å². The number of methoxy groups -OCH3 is 2. The number of rotatable bonds is 9. The number of hydrogen-bond acceptors (Lipinski definition) is 6. The highest BCUT2D eigenvalue weighted by molar-refractivity contribution is 7.00. The molecule has 0 spiro atoms. The van der Waals surface area contributed by atoms with E-state index in [0.29, 0.717) is 29.6 Å². The van der Waals surface area contributed by atoms with E-state index < -0.39 is 11.9 Å². The second-order valence-electron chi connectivity index (χ2n) is 7.27. The van der Waals surface area contributed by atoms with Crippen molar-refractivity contribution >= 4 is 20.9 Å². The molecule has 1 aromatic carbocycles.